The molecule has 1 aromatic carbocycles. The van der Waals surface area contributed by atoms with E-state index in [4.69, 9.17) is 9.94 Å². The van der Waals surface area contributed by atoms with Gasteiger partial charge in [0.05, 0.1) is 6.61 Å². The van der Waals surface area contributed by atoms with Gasteiger partial charge in [0.15, 0.2) is 0 Å². The first-order valence-electron chi connectivity index (χ1n) is 8.84. The average Bonchev–Trinajstić information content (AvgIpc) is 3.12. The van der Waals surface area contributed by atoms with E-state index in [-0.39, 0.29) is 6.42 Å². The molecule has 0 unspecified atom stereocenters. The lowest BCUT2D eigenvalue weighted by Gasteiger charge is -2.21. The summed E-state index contributed by atoms with van der Waals surface area (Å²) in [6.45, 7) is 2.35. The van der Waals surface area contributed by atoms with E-state index >= 15 is 0 Å². The summed E-state index contributed by atoms with van der Waals surface area (Å²) in [7, 11) is 2.02. The molecule has 0 radical (unpaired) electrons. The van der Waals surface area contributed by atoms with Crippen molar-refractivity contribution in [3.05, 3.63) is 41.3 Å². The first-order valence-corrected chi connectivity index (χ1v) is 8.84. The number of hydrogen-bond donors (Lipinski definition) is 2. The standard InChI is InChI=1S/C19H24N4O3/c1-13-20-17-6-3-5-16(17)19(21-13)23(2)14-8-10-15(11-9-14)26-12-4-7-18(24)22-25/h8-11,25H,3-7,12H2,1-2H3,(H,22,24). The molecule has 0 saturated heterocycles. The predicted octanol–water partition coefficient (Wildman–Crippen LogP) is 2.71. The van der Waals surface area contributed by atoms with Crippen molar-refractivity contribution in [2.45, 2.75) is 39.0 Å². The minimum Gasteiger partial charge on any atom is -0.494 e. The monoisotopic (exact) mass is 356 g/mol. The van der Waals surface area contributed by atoms with Crippen LogP contribution in [0.25, 0.3) is 0 Å². The number of amides is 1. The summed E-state index contributed by atoms with van der Waals surface area (Å²) in [5.41, 5.74) is 5.06. The highest BCUT2D eigenvalue weighted by atomic mass is 16.5. The molecule has 0 atom stereocenters. The topological polar surface area (TPSA) is 87.6 Å². The summed E-state index contributed by atoms with van der Waals surface area (Å²) in [6.07, 6.45) is 3.96. The second-order valence-electron chi connectivity index (χ2n) is 6.41. The molecule has 3 rings (SSSR count). The number of nitrogens with zero attached hydrogens (tertiary/aromatic N) is 3. The number of fused-ring (bicyclic) bond motifs is 1. The third kappa shape index (κ3) is 4.11. The average molecular weight is 356 g/mol. The second kappa shape index (κ2) is 8.14. The lowest BCUT2D eigenvalue weighted by molar-refractivity contribution is -0.129. The quantitative estimate of drug-likeness (QED) is 0.451. The maximum absolute atomic E-state index is 10.9. The number of aromatic nitrogens is 2. The maximum Gasteiger partial charge on any atom is 0.243 e. The number of anilines is 2. The van der Waals surface area contributed by atoms with E-state index in [0.717, 1.165) is 42.3 Å². The van der Waals surface area contributed by atoms with Gasteiger partial charge >= 0.3 is 0 Å². The van der Waals surface area contributed by atoms with Crippen LogP contribution in [0, 0.1) is 6.92 Å². The molecular weight excluding hydrogens is 332 g/mol. The number of hydrogen-bond acceptors (Lipinski definition) is 6. The Morgan fingerprint density at radius 1 is 1.27 bits per heavy atom. The van der Waals surface area contributed by atoms with E-state index in [1.807, 2.05) is 38.2 Å². The van der Waals surface area contributed by atoms with Crippen LogP contribution in [0.1, 0.15) is 36.3 Å². The van der Waals surface area contributed by atoms with Crippen LogP contribution in [0.15, 0.2) is 24.3 Å². The van der Waals surface area contributed by atoms with Crippen molar-refractivity contribution in [2.24, 2.45) is 0 Å². The molecule has 1 aromatic heterocycles. The Labute approximate surface area is 153 Å². The van der Waals surface area contributed by atoms with Crippen LogP contribution < -0.4 is 15.1 Å². The van der Waals surface area contributed by atoms with Crippen LogP contribution in [0.3, 0.4) is 0 Å². The maximum atomic E-state index is 10.9. The van der Waals surface area contributed by atoms with Gasteiger partial charge in [0.1, 0.15) is 17.4 Å². The second-order valence-corrected chi connectivity index (χ2v) is 6.41. The minimum atomic E-state index is -0.404. The van der Waals surface area contributed by atoms with E-state index in [1.54, 1.807) is 5.48 Å². The molecule has 2 N–H and O–H groups in total. The van der Waals surface area contributed by atoms with Gasteiger partial charge in [-0.15, -0.1) is 0 Å². The van der Waals surface area contributed by atoms with Gasteiger partial charge in [0, 0.05) is 30.4 Å². The molecular formula is C19H24N4O3. The summed E-state index contributed by atoms with van der Waals surface area (Å²) < 4.78 is 5.63. The zero-order valence-electron chi connectivity index (χ0n) is 15.2. The van der Waals surface area contributed by atoms with Gasteiger partial charge in [-0.25, -0.2) is 15.4 Å². The molecule has 2 aromatic rings. The molecule has 0 spiro atoms. The predicted molar refractivity (Wildman–Crippen MR) is 98.0 cm³/mol. The third-order valence-corrected chi connectivity index (χ3v) is 4.51. The van der Waals surface area contributed by atoms with Gasteiger partial charge in [-0.05, 0) is 56.9 Å². The molecule has 0 saturated carbocycles. The largest absolute Gasteiger partial charge is 0.494 e. The number of carbonyl (C=O) groups is 1. The smallest absolute Gasteiger partial charge is 0.243 e. The molecule has 26 heavy (non-hydrogen) atoms. The molecule has 1 aliphatic rings. The lowest BCUT2D eigenvalue weighted by atomic mass is 10.2. The van der Waals surface area contributed by atoms with Gasteiger partial charge in [-0.2, -0.15) is 0 Å². The van der Waals surface area contributed by atoms with Crippen molar-refractivity contribution in [3.63, 3.8) is 0 Å². The van der Waals surface area contributed by atoms with Crippen molar-refractivity contribution in [1.82, 2.24) is 15.4 Å². The number of benzene rings is 1. The summed E-state index contributed by atoms with van der Waals surface area (Å²) in [6, 6.07) is 7.81. The van der Waals surface area contributed by atoms with E-state index in [0.29, 0.717) is 13.0 Å². The van der Waals surface area contributed by atoms with E-state index < -0.39 is 5.91 Å². The van der Waals surface area contributed by atoms with E-state index in [9.17, 15) is 4.79 Å². The van der Waals surface area contributed by atoms with E-state index in [1.165, 1.54) is 11.3 Å². The van der Waals surface area contributed by atoms with Crippen molar-refractivity contribution in [1.29, 1.82) is 0 Å². The first kappa shape index (κ1) is 18.1. The number of ether oxygens (including phenoxy) is 1. The number of hydroxylamine groups is 1. The molecule has 0 bridgehead atoms. The molecule has 7 nitrogen and oxygen atoms in total. The summed E-state index contributed by atoms with van der Waals surface area (Å²) in [5, 5.41) is 8.45. The fourth-order valence-corrected chi connectivity index (χ4v) is 3.18. The highest BCUT2D eigenvalue weighted by molar-refractivity contribution is 5.74. The van der Waals surface area contributed by atoms with Gasteiger partial charge in [0.25, 0.3) is 0 Å². The van der Waals surface area contributed by atoms with Crippen molar-refractivity contribution in [2.75, 3.05) is 18.6 Å². The van der Waals surface area contributed by atoms with Crippen LogP contribution in [0.4, 0.5) is 11.5 Å². The van der Waals surface area contributed by atoms with E-state index in [2.05, 4.69) is 14.9 Å². The fourth-order valence-electron chi connectivity index (χ4n) is 3.18. The third-order valence-electron chi connectivity index (χ3n) is 4.51. The molecule has 0 aliphatic heterocycles. The SMILES string of the molecule is Cc1nc2c(c(N(C)c3ccc(OCCCC(=O)NO)cc3)n1)CCC2. The molecule has 138 valence electrons. The molecule has 7 heteroatoms. The Kier molecular flexibility index (Phi) is 5.68. The normalized spacial score (nSPS) is 12.6. The first-order chi connectivity index (χ1) is 12.6. The number of carbonyl (C=O) groups excluding carboxylic acids is 1. The zero-order chi connectivity index (χ0) is 18.5. The number of rotatable bonds is 7. The van der Waals surface area contributed by atoms with Crippen molar-refractivity contribution >= 4 is 17.4 Å². The highest BCUT2D eigenvalue weighted by Crippen LogP contribution is 2.32. The summed E-state index contributed by atoms with van der Waals surface area (Å²) >= 11 is 0. The van der Waals surface area contributed by atoms with Gasteiger partial charge in [-0.1, -0.05) is 0 Å². The van der Waals surface area contributed by atoms with Crippen LogP contribution in [0.2, 0.25) is 0 Å². The van der Waals surface area contributed by atoms with Crippen molar-refractivity contribution in [3.8, 4) is 5.75 Å². The van der Waals surface area contributed by atoms with Crippen LogP contribution in [-0.4, -0.2) is 34.7 Å². The number of nitrogens with one attached hydrogen (secondary N) is 1. The zero-order valence-corrected chi connectivity index (χ0v) is 15.2. The van der Waals surface area contributed by atoms with Crippen LogP contribution in [-0.2, 0) is 17.6 Å². The Hall–Kier alpha value is -2.67. The molecule has 1 aliphatic carbocycles. The van der Waals surface area contributed by atoms with Crippen LogP contribution in [0.5, 0.6) is 5.75 Å². The Morgan fingerprint density at radius 3 is 2.77 bits per heavy atom. The summed E-state index contributed by atoms with van der Waals surface area (Å²) in [4.78, 5) is 22.3. The highest BCUT2D eigenvalue weighted by Gasteiger charge is 2.21. The van der Waals surface area contributed by atoms with Gasteiger partial charge < -0.3 is 9.64 Å². The molecule has 1 amide bonds. The summed E-state index contributed by atoms with van der Waals surface area (Å²) in [5.74, 6) is 2.13. The van der Waals surface area contributed by atoms with Crippen LogP contribution >= 0.6 is 0 Å². The molecule has 0 fully saturated rings. The molecule has 1 heterocycles. The minimum absolute atomic E-state index is 0.232. The Bertz CT molecular complexity index is 777. The fraction of sp³-hybridized carbons (Fsp3) is 0.421. The van der Waals surface area contributed by atoms with Crippen molar-refractivity contribution < 1.29 is 14.7 Å². The van der Waals surface area contributed by atoms with Gasteiger partial charge in [-0.3, -0.25) is 10.0 Å². The lowest BCUT2D eigenvalue weighted by Crippen LogP contribution is -2.18. The number of aryl methyl sites for hydroxylation is 2. The van der Waals surface area contributed by atoms with Gasteiger partial charge in [0.2, 0.25) is 5.91 Å². The Balaban J connectivity index is 1.65. The Morgan fingerprint density at radius 2 is 2.04 bits per heavy atom.